The first kappa shape index (κ1) is 20.3. The fourth-order valence-corrected chi connectivity index (χ4v) is 5.56. The SMILES string of the molecule is CCOC(=O)[C@]1(O)C(=O)c2c(cc(C)c(Br)c2O)[C@H]2[C@@H](C(C)C)CC[C@]21C. The number of rotatable bonds is 3. The van der Waals surface area contributed by atoms with Crippen molar-refractivity contribution in [1.29, 1.82) is 0 Å². The molecule has 0 saturated heterocycles. The maximum absolute atomic E-state index is 13.4. The number of phenols is 1. The Balaban J connectivity index is 2.36. The van der Waals surface area contributed by atoms with Crippen LogP contribution in [0.25, 0.3) is 0 Å². The van der Waals surface area contributed by atoms with E-state index in [-0.39, 0.29) is 29.8 Å². The molecule has 0 unspecified atom stereocenters. The zero-order valence-corrected chi connectivity index (χ0v) is 18.0. The number of aliphatic hydroxyl groups is 1. The number of aryl methyl sites for hydroxylation is 1. The van der Waals surface area contributed by atoms with Gasteiger partial charge in [0.2, 0.25) is 11.4 Å². The molecule has 2 aliphatic carbocycles. The predicted molar refractivity (Wildman–Crippen MR) is 105 cm³/mol. The molecule has 0 spiro atoms. The fraction of sp³-hybridized carbons (Fsp3) is 0.619. The smallest absolute Gasteiger partial charge is 0.347 e. The van der Waals surface area contributed by atoms with Gasteiger partial charge in [0, 0.05) is 5.41 Å². The highest BCUT2D eigenvalue weighted by Crippen LogP contribution is 2.64. The zero-order valence-electron chi connectivity index (χ0n) is 16.4. The first-order valence-electron chi connectivity index (χ1n) is 9.48. The van der Waals surface area contributed by atoms with E-state index in [9.17, 15) is 19.8 Å². The molecule has 6 heteroatoms. The number of aromatic hydroxyl groups is 1. The van der Waals surface area contributed by atoms with Crippen molar-refractivity contribution >= 4 is 27.7 Å². The Morgan fingerprint density at radius 1 is 1.44 bits per heavy atom. The number of phenolic OH excluding ortho intramolecular Hbond substituents is 1. The molecule has 1 aromatic carbocycles. The monoisotopic (exact) mass is 438 g/mol. The second kappa shape index (κ2) is 6.59. The highest BCUT2D eigenvalue weighted by molar-refractivity contribution is 9.10. The fourth-order valence-electron chi connectivity index (χ4n) is 5.25. The molecule has 27 heavy (non-hydrogen) atoms. The number of carbonyl (C=O) groups excluding carboxylic acids is 2. The Labute approximate surface area is 168 Å². The van der Waals surface area contributed by atoms with Crippen LogP contribution in [0, 0.1) is 24.2 Å². The Morgan fingerprint density at radius 2 is 2.07 bits per heavy atom. The largest absolute Gasteiger partial charge is 0.506 e. The van der Waals surface area contributed by atoms with Crippen LogP contribution in [0.3, 0.4) is 0 Å². The van der Waals surface area contributed by atoms with E-state index in [0.29, 0.717) is 16.8 Å². The summed E-state index contributed by atoms with van der Waals surface area (Å²) in [6.07, 6.45) is 1.33. The molecule has 0 bridgehead atoms. The van der Waals surface area contributed by atoms with Gasteiger partial charge >= 0.3 is 5.97 Å². The van der Waals surface area contributed by atoms with Crippen molar-refractivity contribution in [2.45, 2.75) is 59.0 Å². The van der Waals surface area contributed by atoms with Gasteiger partial charge in [-0.2, -0.15) is 0 Å². The minimum absolute atomic E-state index is 0.0399. The Kier molecular flexibility index (Phi) is 4.96. The molecule has 1 fully saturated rings. The maximum Gasteiger partial charge on any atom is 0.347 e. The van der Waals surface area contributed by atoms with Crippen LogP contribution < -0.4 is 0 Å². The summed E-state index contributed by atoms with van der Waals surface area (Å²) < 4.78 is 5.54. The van der Waals surface area contributed by atoms with Crippen LogP contribution in [0.4, 0.5) is 0 Å². The Bertz CT molecular complexity index is 817. The van der Waals surface area contributed by atoms with E-state index in [1.807, 2.05) is 19.9 Å². The molecule has 2 N–H and O–H groups in total. The number of esters is 1. The predicted octanol–water partition coefficient (Wildman–Crippen LogP) is 4.11. The topological polar surface area (TPSA) is 83.8 Å². The summed E-state index contributed by atoms with van der Waals surface area (Å²) >= 11 is 3.32. The van der Waals surface area contributed by atoms with Crippen molar-refractivity contribution < 1.29 is 24.5 Å². The van der Waals surface area contributed by atoms with Crippen LogP contribution in [-0.2, 0) is 9.53 Å². The summed E-state index contributed by atoms with van der Waals surface area (Å²) in [5, 5.41) is 22.3. The lowest BCUT2D eigenvalue weighted by atomic mass is 9.55. The van der Waals surface area contributed by atoms with E-state index in [1.165, 1.54) is 0 Å². The molecule has 0 aliphatic heterocycles. The lowest BCUT2D eigenvalue weighted by molar-refractivity contribution is -0.173. The summed E-state index contributed by atoms with van der Waals surface area (Å²) in [5.74, 6) is -1.64. The van der Waals surface area contributed by atoms with Crippen LogP contribution in [0.5, 0.6) is 5.75 Å². The molecule has 0 radical (unpaired) electrons. The summed E-state index contributed by atoms with van der Waals surface area (Å²) in [4.78, 5) is 26.3. The normalized spacial score (nSPS) is 32.4. The van der Waals surface area contributed by atoms with Crippen molar-refractivity contribution in [3.05, 3.63) is 27.2 Å². The molecule has 148 valence electrons. The van der Waals surface area contributed by atoms with Crippen LogP contribution in [-0.4, -0.2) is 34.2 Å². The number of carbonyl (C=O) groups is 2. The summed E-state index contributed by atoms with van der Waals surface area (Å²) in [6, 6.07) is 1.91. The minimum Gasteiger partial charge on any atom is -0.506 e. The molecule has 0 heterocycles. The third-order valence-electron chi connectivity index (χ3n) is 6.71. The number of benzene rings is 1. The summed E-state index contributed by atoms with van der Waals surface area (Å²) in [6.45, 7) is 9.61. The van der Waals surface area contributed by atoms with E-state index in [0.717, 1.165) is 17.5 Å². The second-order valence-electron chi connectivity index (χ2n) is 8.42. The zero-order chi connectivity index (χ0) is 20.3. The molecule has 1 saturated carbocycles. The van der Waals surface area contributed by atoms with Crippen LogP contribution in [0.15, 0.2) is 10.5 Å². The Morgan fingerprint density at radius 3 is 2.63 bits per heavy atom. The molecule has 2 aliphatic rings. The molecule has 0 aromatic heterocycles. The molecular weight excluding hydrogens is 412 g/mol. The number of hydrogen-bond donors (Lipinski definition) is 2. The van der Waals surface area contributed by atoms with Crippen molar-refractivity contribution in [3.63, 3.8) is 0 Å². The van der Waals surface area contributed by atoms with Gasteiger partial charge in [-0.15, -0.1) is 0 Å². The average Bonchev–Trinajstić information content (AvgIpc) is 2.97. The van der Waals surface area contributed by atoms with E-state index in [4.69, 9.17) is 4.74 Å². The van der Waals surface area contributed by atoms with Gasteiger partial charge in [0.1, 0.15) is 5.75 Å². The van der Waals surface area contributed by atoms with E-state index >= 15 is 0 Å². The van der Waals surface area contributed by atoms with Gasteiger partial charge in [-0.1, -0.05) is 26.8 Å². The highest BCUT2D eigenvalue weighted by atomic mass is 79.9. The van der Waals surface area contributed by atoms with Crippen molar-refractivity contribution in [2.75, 3.05) is 6.61 Å². The van der Waals surface area contributed by atoms with Crippen LogP contribution in [0.1, 0.15) is 67.9 Å². The molecule has 1 aromatic rings. The standard InChI is InChI=1S/C21H27BrO5/c1-6-27-19(25)21(26)18(24)14-13(9-11(4)16(22)17(14)23)15-12(10(2)3)7-8-20(15,21)5/h9-10,12,15,23,26H,6-8H2,1-5H3/t12-,15-,20-,21-/m1/s1. The van der Waals surface area contributed by atoms with E-state index in [2.05, 4.69) is 29.8 Å². The van der Waals surface area contributed by atoms with E-state index < -0.39 is 22.8 Å². The van der Waals surface area contributed by atoms with Gasteiger partial charge in [0.15, 0.2) is 0 Å². The van der Waals surface area contributed by atoms with E-state index in [1.54, 1.807) is 6.92 Å². The number of ether oxygens (including phenoxy) is 1. The molecule has 0 amide bonds. The Hall–Kier alpha value is -1.40. The van der Waals surface area contributed by atoms with Crippen molar-refractivity contribution in [3.8, 4) is 5.75 Å². The molecule has 5 nitrogen and oxygen atoms in total. The maximum atomic E-state index is 13.4. The first-order chi connectivity index (χ1) is 12.5. The van der Waals surface area contributed by atoms with Crippen LogP contribution in [0.2, 0.25) is 0 Å². The lowest BCUT2D eigenvalue weighted by Crippen LogP contribution is -2.63. The van der Waals surface area contributed by atoms with Gasteiger partial charge in [0.25, 0.3) is 0 Å². The highest BCUT2D eigenvalue weighted by Gasteiger charge is 2.69. The summed E-state index contributed by atoms with van der Waals surface area (Å²) in [7, 11) is 0. The third kappa shape index (κ3) is 2.52. The average molecular weight is 439 g/mol. The van der Waals surface area contributed by atoms with Crippen molar-refractivity contribution in [1.82, 2.24) is 0 Å². The van der Waals surface area contributed by atoms with Gasteiger partial charge in [-0.05, 0) is 71.5 Å². The minimum atomic E-state index is -2.31. The lowest BCUT2D eigenvalue weighted by Gasteiger charge is -2.49. The van der Waals surface area contributed by atoms with Crippen molar-refractivity contribution in [2.24, 2.45) is 17.3 Å². The number of halogens is 1. The van der Waals surface area contributed by atoms with Gasteiger partial charge in [0.05, 0.1) is 16.6 Å². The molecular formula is C21H27BrO5. The van der Waals surface area contributed by atoms with Crippen LogP contribution >= 0.6 is 15.9 Å². The third-order valence-corrected chi connectivity index (χ3v) is 7.71. The number of Topliss-reactive ketones (excluding diaryl/α,β-unsaturated/α-hetero) is 1. The van der Waals surface area contributed by atoms with Gasteiger partial charge < -0.3 is 14.9 Å². The van der Waals surface area contributed by atoms with Gasteiger partial charge in [-0.25, -0.2) is 4.79 Å². The number of ketones is 1. The summed E-state index contributed by atoms with van der Waals surface area (Å²) in [5.41, 5.74) is -1.71. The second-order valence-corrected chi connectivity index (χ2v) is 9.21. The first-order valence-corrected chi connectivity index (χ1v) is 10.3. The number of hydrogen-bond acceptors (Lipinski definition) is 5. The molecule has 3 rings (SSSR count). The number of fused-ring (bicyclic) bond motifs is 3. The van der Waals surface area contributed by atoms with Gasteiger partial charge in [-0.3, -0.25) is 4.79 Å². The molecule has 4 atom stereocenters. The quantitative estimate of drug-likeness (QED) is 0.547.